The molecule has 3 rings (SSSR count). The van der Waals surface area contributed by atoms with Gasteiger partial charge in [-0.2, -0.15) is 0 Å². The van der Waals surface area contributed by atoms with Crippen LogP contribution in [0.5, 0.6) is 0 Å². The van der Waals surface area contributed by atoms with Crippen LogP contribution in [0.2, 0.25) is 0 Å². The van der Waals surface area contributed by atoms with Crippen LogP contribution in [0.15, 0.2) is 24.3 Å². The lowest BCUT2D eigenvalue weighted by atomic mass is 10.1. The van der Waals surface area contributed by atoms with Crippen molar-refractivity contribution in [3.8, 4) is 0 Å². The molecular weight excluding hydrogens is 186 g/mol. The van der Waals surface area contributed by atoms with Gasteiger partial charge in [0.15, 0.2) is 0 Å². The Labute approximate surface area is 90.8 Å². The second kappa shape index (κ2) is 3.53. The molecule has 2 bridgehead atoms. The van der Waals surface area contributed by atoms with E-state index in [-0.39, 0.29) is 0 Å². The molecule has 0 amide bonds. The summed E-state index contributed by atoms with van der Waals surface area (Å²) < 4.78 is 5.61. The molecule has 0 unspecified atom stereocenters. The minimum atomic E-state index is 0.487. The summed E-state index contributed by atoms with van der Waals surface area (Å²) in [5.41, 5.74) is 2.78. The maximum atomic E-state index is 5.61. The minimum Gasteiger partial charge on any atom is -0.374 e. The van der Waals surface area contributed by atoms with Gasteiger partial charge in [-0.1, -0.05) is 19.1 Å². The van der Waals surface area contributed by atoms with E-state index in [1.54, 1.807) is 0 Å². The van der Waals surface area contributed by atoms with Gasteiger partial charge in [0, 0.05) is 12.2 Å². The van der Waals surface area contributed by atoms with Crippen LogP contribution >= 0.6 is 0 Å². The first kappa shape index (κ1) is 9.22. The first-order valence-corrected chi connectivity index (χ1v) is 5.84. The molecule has 2 saturated heterocycles. The third-order valence-corrected chi connectivity index (χ3v) is 3.58. The standard InChI is InChI=1S/C13H17NO/c1-2-10-3-5-11(6-4-10)14-8-13-7-12(14)9-15-13/h3-6,12-13H,2,7-9H2,1H3/t12-,13+/m1/s1. The highest BCUT2D eigenvalue weighted by atomic mass is 16.5. The van der Waals surface area contributed by atoms with E-state index < -0.39 is 0 Å². The average Bonchev–Trinajstić information content (AvgIpc) is 2.91. The number of aryl methyl sites for hydroxylation is 1. The zero-order chi connectivity index (χ0) is 10.3. The van der Waals surface area contributed by atoms with E-state index in [0.717, 1.165) is 19.6 Å². The molecule has 0 spiro atoms. The van der Waals surface area contributed by atoms with Crippen LogP contribution in [0.25, 0.3) is 0 Å². The minimum absolute atomic E-state index is 0.487. The van der Waals surface area contributed by atoms with E-state index in [4.69, 9.17) is 4.74 Å². The number of anilines is 1. The lowest BCUT2D eigenvalue weighted by molar-refractivity contribution is 0.0991. The van der Waals surface area contributed by atoms with E-state index in [0.29, 0.717) is 12.1 Å². The van der Waals surface area contributed by atoms with Gasteiger partial charge in [0.2, 0.25) is 0 Å². The third-order valence-electron chi connectivity index (χ3n) is 3.58. The third kappa shape index (κ3) is 1.53. The number of nitrogens with zero attached hydrogens (tertiary/aromatic N) is 1. The summed E-state index contributed by atoms with van der Waals surface area (Å²) in [5.74, 6) is 0. The highest BCUT2D eigenvalue weighted by Gasteiger charge is 2.38. The van der Waals surface area contributed by atoms with Gasteiger partial charge in [-0.25, -0.2) is 0 Å². The number of ether oxygens (including phenoxy) is 1. The van der Waals surface area contributed by atoms with Crippen LogP contribution in [-0.4, -0.2) is 25.3 Å². The summed E-state index contributed by atoms with van der Waals surface area (Å²) in [6, 6.07) is 9.60. The Kier molecular flexibility index (Phi) is 2.17. The van der Waals surface area contributed by atoms with Gasteiger partial charge in [0.05, 0.1) is 18.8 Å². The number of fused-ring (bicyclic) bond motifs is 2. The molecule has 2 aliphatic heterocycles. The van der Waals surface area contributed by atoms with E-state index in [1.165, 1.54) is 17.7 Å². The Bertz CT molecular complexity index is 346. The maximum absolute atomic E-state index is 5.61. The van der Waals surface area contributed by atoms with E-state index in [9.17, 15) is 0 Å². The molecule has 80 valence electrons. The monoisotopic (exact) mass is 203 g/mol. The maximum Gasteiger partial charge on any atom is 0.0771 e. The molecular formula is C13H17NO. The van der Waals surface area contributed by atoms with Crippen LogP contribution in [-0.2, 0) is 11.2 Å². The van der Waals surface area contributed by atoms with Crippen molar-refractivity contribution in [3.05, 3.63) is 29.8 Å². The van der Waals surface area contributed by atoms with Crippen LogP contribution in [0.4, 0.5) is 5.69 Å². The van der Waals surface area contributed by atoms with Crippen molar-refractivity contribution >= 4 is 5.69 Å². The second-order valence-electron chi connectivity index (χ2n) is 4.52. The average molecular weight is 203 g/mol. The van der Waals surface area contributed by atoms with Crippen LogP contribution in [0.3, 0.4) is 0 Å². The van der Waals surface area contributed by atoms with Gasteiger partial charge < -0.3 is 9.64 Å². The zero-order valence-electron chi connectivity index (χ0n) is 9.15. The molecule has 2 atom stereocenters. The predicted octanol–water partition coefficient (Wildman–Crippen LogP) is 2.23. The summed E-state index contributed by atoms with van der Waals surface area (Å²) in [4.78, 5) is 2.49. The molecule has 2 nitrogen and oxygen atoms in total. The Morgan fingerprint density at radius 2 is 2.13 bits per heavy atom. The molecule has 0 radical (unpaired) electrons. The van der Waals surface area contributed by atoms with Crippen molar-refractivity contribution in [2.24, 2.45) is 0 Å². The molecule has 2 fully saturated rings. The molecule has 2 heteroatoms. The van der Waals surface area contributed by atoms with E-state index >= 15 is 0 Å². The summed E-state index contributed by atoms with van der Waals surface area (Å²) in [6.45, 7) is 4.19. The van der Waals surface area contributed by atoms with Crippen molar-refractivity contribution in [2.75, 3.05) is 18.1 Å². The fourth-order valence-electron chi connectivity index (χ4n) is 2.64. The lowest BCUT2D eigenvalue weighted by Crippen LogP contribution is -2.36. The number of hydrogen-bond acceptors (Lipinski definition) is 2. The first-order valence-electron chi connectivity index (χ1n) is 5.84. The Balaban J connectivity index is 1.81. The number of hydrogen-bond donors (Lipinski definition) is 0. The highest BCUT2D eigenvalue weighted by molar-refractivity contribution is 5.50. The molecule has 2 aliphatic rings. The number of benzene rings is 1. The van der Waals surface area contributed by atoms with Gasteiger partial charge >= 0.3 is 0 Å². The molecule has 0 saturated carbocycles. The normalized spacial score (nSPS) is 28.7. The Morgan fingerprint density at radius 1 is 1.33 bits per heavy atom. The summed E-state index contributed by atoms with van der Waals surface area (Å²) in [7, 11) is 0. The largest absolute Gasteiger partial charge is 0.374 e. The van der Waals surface area contributed by atoms with Gasteiger partial charge in [0.1, 0.15) is 0 Å². The predicted molar refractivity (Wildman–Crippen MR) is 61.3 cm³/mol. The highest BCUT2D eigenvalue weighted by Crippen LogP contribution is 2.32. The molecule has 15 heavy (non-hydrogen) atoms. The Hall–Kier alpha value is -1.02. The summed E-state index contributed by atoms with van der Waals surface area (Å²) in [5, 5.41) is 0. The molecule has 0 aliphatic carbocycles. The van der Waals surface area contributed by atoms with Crippen molar-refractivity contribution < 1.29 is 4.74 Å². The van der Waals surface area contributed by atoms with E-state index in [2.05, 4.69) is 36.1 Å². The van der Waals surface area contributed by atoms with E-state index in [1.807, 2.05) is 0 Å². The lowest BCUT2D eigenvalue weighted by Gasteiger charge is -2.29. The topological polar surface area (TPSA) is 12.5 Å². The SMILES string of the molecule is CCc1ccc(N2C[C@@H]3C[C@@H]2CO3)cc1. The smallest absolute Gasteiger partial charge is 0.0771 e. The summed E-state index contributed by atoms with van der Waals surface area (Å²) in [6.07, 6.45) is 2.83. The molecule has 2 heterocycles. The van der Waals surface area contributed by atoms with Crippen molar-refractivity contribution in [2.45, 2.75) is 31.9 Å². The van der Waals surface area contributed by atoms with Gasteiger partial charge in [-0.3, -0.25) is 0 Å². The van der Waals surface area contributed by atoms with Crippen molar-refractivity contribution in [1.29, 1.82) is 0 Å². The number of rotatable bonds is 2. The molecule has 0 N–H and O–H groups in total. The van der Waals surface area contributed by atoms with Crippen molar-refractivity contribution in [3.63, 3.8) is 0 Å². The quantitative estimate of drug-likeness (QED) is 0.731. The zero-order valence-corrected chi connectivity index (χ0v) is 9.15. The first-order chi connectivity index (χ1) is 7.36. The Morgan fingerprint density at radius 3 is 2.67 bits per heavy atom. The summed E-state index contributed by atoms with van der Waals surface area (Å²) >= 11 is 0. The van der Waals surface area contributed by atoms with Gasteiger partial charge in [0.25, 0.3) is 0 Å². The van der Waals surface area contributed by atoms with Gasteiger partial charge in [-0.15, -0.1) is 0 Å². The molecule has 1 aromatic rings. The fraction of sp³-hybridized carbons (Fsp3) is 0.538. The van der Waals surface area contributed by atoms with Gasteiger partial charge in [-0.05, 0) is 30.5 Å². The van der Waals surface area contributed by atoms with Crippen LogP contribution in [0.1, 0.15) is 18.9 Å². The van der Waals surface area contributed by atoms with Crippen LogP contribution in [0, 0.1) is 0 Å². The van der Waals surface area contributed by atoms with Crippen molar-refractivity contribution in [1.82, 2.24) is 0 Å². The molecule has 1 aromatic carbocycles. The molecule has 0 aromatic heterocycles. The van der Waals surface area contributed by atoms with Crippen LogP contribution < -0.4 is 4.90 Å². The number of morpholine rings is 1. The fourth-order valence-corrected chi connectivity index (χ4v) is 2.64. The second-order valence-corrected chi connectivity index (χ2v) is 4.52.